The molecule has 9 aromatic carbocycles. The maximum Gasteiger partial charge on any atom is 0.0624 e. The van der Waals surface area contributed by atoms with Crippen molar-refractivity contribution in [1.82, 2.24) is 0 Å². The minimum atomic E-state index is 1.11. The zero-order valence-corrected chi connectivity index (χ0v) is 29.2. The van der Waals surface area contributed by atoms with Crippen molar-refractivity contribution in [2.75, 3.05) is 4.90 Å². The van der Waals surface area contributed by atoms with Crippen LogP contribution in [0.3, 0.4) is 0 Å². The molecule has 0 aliphatic carbocycles. The molecule has 0 saturated heterocycles. The molecular weight excluding hydrogens is 647 g/mol. The van der Waals surface area contributed by atoms with Crippen LogP contribution in [0.4, 0.5) is 17.1 Å². The van der Waals surface area contributed by atoms with Gasteiger partial charge in [-0.15, -0.1) is 11.3 Å². The summed E-state index contributed by atoms with van der Waals surface area (Å²) in [6, 6.07) is 73.0. The van der Waals surface area contributed by atoms with Crippen molar-refractivity contribution in [3.63, 3.8) is 0 Å². The molecule has 10 rings (SSSR count). The summed E-state index contributed by atoms with van der Waals surface area (Å²) in [5.74, 6) is 0. The number of nitrogens with zero attached hydrogens (tertiary/aromatic N) is 1. The van der Waals surface area contributed by atoms with Gasteiger partial charge in [0.15, 0.2) is 0 Å². The van der Waals surface area contributed by atoms with Crippen molar-refractivity contribution >= 4 is 70.1 Å². The highest BCUT2D eigenvalue weighted by Gasteiger charge is 2.24. The lowest BCUT2D eigenvalue weighted by Gasteiger charge is -2.31. The van der Waals surface area contributed by atoms with E-state index < -0.39 is 0 Å². The molecule has 52 heavy (non-hydrogen) atoms. The minimum Gasteiger partial charge on any atom is -0.309 e. The Kier molecular flexibility index (Phi) is 7.41. The molecule has 0 N–H and O–H groups in total. The predicted octanol–water partition coefficient (Wildman–Crippen LogP) is 14.8. The van der Waals surface area contributed by atoms with Gasteiger partial charge in [-0.3, -0.25) is 0 Å². The summed E-state index contributed by atoms with van der Waals surface area (Å²) < 4.78 is 2.60. The molecule has 0 radical (unpaired) electrons. The van der Waals surface area contributed by atoms with Crippen molar-refractivity contribution in [2.24, 2.45) is 0 Å². The Morgan fingerprint density at radius 2 is 0.788 bits per heavy atom. The third kappa shape index (κ3) is 5.07. The SMILES string of the molecule is c1ccc(-c2ccccc2-c2ccc(N(c3ccc4sc5ccccc5c4c3)c3c(-c4ccccc4)c4ccccc4c4ccccc34)cc2)cc1. The van der Waals surface area contributed by atoms with Gasteiger partial charge in [-0.25, -0.2) is 0 Å². The third-order valence-electron chi connectivity index (χ3n) is 10.3. The largest absolute Gasteiger partial charge is 0.309 e. The van der Waals surface area contributed by atoms with Gasteiger partial charge in [-0.05, 0) is 80.4 Å². The molecule has 2 heteroatoms. The molecule has 1 heterocycles. The Bertz CT molecular complexity index is 2890. The van der Waals surface area contributed by atoms with Gasteiger partial charge in [0.1, 0.15) is 0 Å². The molecule has 0 amide bonds. The Morgan fingerprint density at radius 1 is 0.308 bits per heavy atom. The number of anilines is 3. The number of benzene rings is 9. The predicted molar refractivity (Wildman–Crippen MR) is 225 cm³/mol. The van der Waals surface area contributed by atoms with Crippen LogP contribution in [0.25, 0.3) is 75.1 Å². The van der Waals surface area contributed by atoms with Gasteiger partial charge in [-0.2, -0.15) is 0 Å². The molecule has 0 aliphatic heterocycles. The number of hydrogen-bond acceptors (Lipinski definition) is 2. The topological polar surface area (TPSA) is 3.24 Å². The summed E-state index contributed by atoms with van der Waals surface area (Å²) in [6.45, 7) is 0. The summed E-state index contributed by atoms with van der Waals surface area (Å²) in [7, 11) is 0. The molecule has 0 atom stereocenters. The van der Waals surface area contributed by atoms with E-state index in [4.69, 9.17) is 0 Å². The highest BCUT2D eigenvalue weighted by molar-refractivity contribution is 7.25. The average Bonchev–Trinajstić information content (AvgIpc) is 3.60. The van der Waals surface area contributed by atoms with Gasteiger partial charge in [0.2, 0.25) is 0 Å². The first-order chi connectivity index (χ1) is 25.8. The van der Waals surface area contributed by atoms with Crippen LogP contribution in [0.1, 0.15) is 0 Å². The first-order valence-electron chi connectivity index (χ1n) is 17.8. The number of hydrogen-bond donors (Lipinski definition) is 0. The van der Waals surface area contributed by atoms with E-state index in [2.05, 4.69) is 205 Å². The molecule has 0 aliphatic rings. The first kappa shape index (κ1) is 30.4. The third-order valence-corrected chi connectivity index (χ3v) is 11.4. The maximum atomic E-state index is 2.50. The van der Waals surface area contributed by atoms with E-state index in [0.717, 1.165) is 11.4 Å². The zero-order valence-electron chi connectivity index (χ0n) is 28.4. The van der Waals surface area contributed by atoms with E-state index in [9.17, 15) is 0 Å². The van der Waals surface area contributed by atoms with E-state index in [1.165, 1.54) is 80.8 Å². The maximum absolute atomic E-state index is 2.50. The molecule has 10 aromatic rings. The van der Waals surface area contributed by atoms with Gasteiger partial charge in [0.05, 0.1) is 5.69 Å². The summed E-state index contributed by atoms with van der Waals surface area (Å²) in [4.78, 5) is 2.50. The normalized spacial score (nSPS) is 11.5. The van der Waals surface area contributed by atoms with Crippen molar-refractivity contribution in [1.29, 1.82) is 0 Å². The quantitative estimate of drug-likeness (QED) is 0.158. The molecule has 244 valence electrons. The average molecular weight is 680 g/mol. The number of rotatable bonds is 6. The molecule has 0 unspecified atom stereocenters. The second-order valence-corrected chi connectivity index (χ2v) is 14.3. The van der Waals surface area contributed by atoms with Crippen LogP contribution in [0.15, 0.2) is 200 Å². The fourth-order valence-electron chi connectivity index (χ4n) is 7.91. The molecule has 0 bridgehead atoms. The van der Waals surface area contributed by atoms with Gasteiger partial charge in [-0.1, -0.05) is 164 Å². The zero-order chi connectivity index (χ0) is 34.4. The van der Waals surface area contributed by atoms with Gasteiger partial charge < -0.3 is 4.90 Å². The van der Waals surface area contributed by atoms with E-state index in [-0.39, 0.29) is 0 Å². The summed E-state index contributed by atoms with van der Waals surface area (Å²) >= 11 is 1.86. The fourth-order valence-corrected chi connectivity index (χ4v) is 8.99. The number of thiophene rings is 1. The Hall–Kier alpha value is -6.48. The van der Waals surface area contributed by atoms with E-state index in [0.29, 0.717) is 0 Å². The van der Waals surface area contributed by atoms with Gasteiger partial charge in [0.25, 0.3) is 0 Å². The Balaban J connectivity index is 1.26. The van der Waals surface area contributed by atoms with Crippen LogP contribution in [0.2, 0.25) is 0 Å². The highest BCUT2D eigenvalue weighted by Crippen LogP contribution is 2.50. The molecule has 1 nitrogen and oxygen atoms in total. The van der Waals surface area contributed by atoms with Crippen LogP contribution in [0.5, 0.6) is 0 Å². The van der Waals surface area contributed by atoms with E-state index in [1.54, 1.807) is 0 Å². The highest BCUT2D eigenvalue weighted by atomic mass is 32.1. The van der Waals surface area contributed by atoms with E-state index >= 15 is 0 Å². The van der Waals surface area contributed by atoms with Crippen LogP contribution < -0.4 is 4.90 Å². The smallest absolute Gasteiger partial charge is 0.0624 e. The lowest BCUT2D eigenvalue weighted by atomic mass is 9.90. The molecule has 0 saturated carbocycles. The molecule has 0 fully saturated rings. The van der Waals surface area contributed by atoms with Crippen molar-refractivity contribution in [3.8, 4) is 33.4 Å². The number of fused-ring (bicyclic) bond motifs is 6. The monoisotopic (exact) mass is 679 g/mol. The molecule has 1 aromatic heterocycles. The standard InChI is InChI=1S/C50H33NS/c1-3-15-34(16-4-1)39-19-7-8-20-40(39)35-27-29-37(30-28-35)51(38-31-32-48-46(33-38)43-23-13-14-26-47(43)52-48)50-45-25-12-10-22-42(45)41-21-9-11-24-44(41)49(50)36-17-5-2-6-18-36/h1-33H. The first-order valence-corrected chi connectivity index (χ1v) is 18.6. The molecule has 0 spiro atoms. The fraction of sp³-hybridized carbons (Fsp3) is 0. The van der Waals surface area contributed by atoms with Crippen molar-refractivity contribution in [3.05, 3.63) is 200 Å². The summed E-state index contributed by atoms with van der Waals surface area (Å²) in [5, 5.41) is 7.53. The second kappa shape index (κ2) is 12.7. The lowest BCUT2D eigenvalue weighted by Crippen LogP contribution is -2.12. The Morgan fingerprint density at radius 3 is 1.48 bits per heavy atom. The minimum absolute atomic E-state index is 1.11. The van der Waals surface area contributed by atoms with Crippen LogP contribution in [-0.2, 0) is 0 Å². The van der Waals surface area contributed by atoms with E-state index in [1.807, 2.05) is 11.3 Å². The van der Waals surface area contributed by atoms with Gasteiger partial charge >= 0.3 is 0 Å². The van der Waals surface area contributed by atoms with Gasteiger partial charge in [0, 0.05) is 42.5 Å². The molecular formula is C50H33NS. The van der Waals surface area contributed by atoms with Crippen LogP contribution >= 0.6 is 11.3 Å². The summed E-state index contributed by atoms with van der Waals surface area (Å²) in [5.41, 5.74) is 10.7. The second-order valence-electron chi connectivity index (χ2n) is 13.3. The lowest BCUT2D eigenvalue weighted by molar-refractivity contribution is 1.31. The van der Waals surface area contributed by atoms with Crippen molar-refractivity contribution in [2.45, 2.75) is 0 Å². The van der Waals surface area contributed by atoms with Crippen LogP contribution in [-0.4, -0.2) is 0 Å². The van der Waals surface area contributed by atoms with Crippen molar-refractivity contribution < 1.29 is 0 Å². The summed E-state index contributed by atoms with van der Waals surface area (Å²) in [6.07, 6.45) is 0. The Labute approximate surface area is 307 Å². The van der Waals surface area contributed by atoms with Crippen LogP contribution in [0, 0.1) is 0 Å².